The molecule has 1 heterocycles. The fraction of sp³-hybridized carbons (Fsp3) is 0.143. The quantitative estimate of drug-likeness (QED) is 0.659. The van der Waals surface area contributed by atoms with Crippen molar-refractivity contribution in [3.05, 3.63) is 54.2 Å². The lowest BCUT2D eigenvalue weighted by Crippen LogP contribution is -2.08. The molecule has 0 saturated carbocycles. The minimum absolute atomic E-state index is 0.735. The van der Waals surface area contributed by atoms with Gasteiger partial charge in [0.15, 0.2) is 0 Å². The monoisotopic (exact) mass is 240 g/mol. The van der Waals surface area contributed by atoms with Crippen molar-refractivity contribution in [2.45, 2.75) is 0 Å². The zero-order valence-electron chi connectivity index (χ0n) is 10.5. The number of nitrogens with zero attached hydrogens (tertiary/aromatic N) is 3. The van der Waals surface area contributed by atoms with Gasteiger partial charge in [-0.15, -0.1) is 0 Å². The molecule has 0 aliphatic heterocycles. The summed E-state index contributed by atoms with van der Waals surface area (Å²) in [6.07, 6.45) is 3.50. The molecule has 0 amide bonds. The average Bonchev–Trinajstić information content (AvgIpc) is 2.40. The van der Waals surface area contributed by atoms with E-state index in [4.69, 9.17) is 0 Å². The van der Waals surface area contributed by atoms with Crippen LogP contribution in [0.1, 0.15) is 5.56 Å². The minimum Gasteiger partial charge on any atom is -0.378 e. The van der Waals surface area contributed by atoms with Crippen LogP contribution in [0.15, 0.2) is 53.8 Å². The molecule has 0 aliphatic carbocycles. The van der Waals surface area contributed by atoms with Crippen LogP contribution in [0.3, 0.4) is 0 Å². The first kappa shape index (κ1) is 12.1. The van der Waals surface area contributed by atoms with E-state index in [0.717, 1.165) is 11.4 Å². The zero-order valence-corrected chi connectivity index (χ0v) is 10.5. The Morgan fingerprint density at radius 2 is 1.89 bits per heavy atom. The van der Waals surface area contributed by atoms with Gasteiger partial charge in [0.25, 0.3) is 0 Å². The van der Waals surface area contributed by atoms with Crippen LogP contribution in [0.2, 0.25) is 0 Å². The molecule has 2 aromatic rings. The van der Waals surface area contributed by atoms with Crippen LogP contribution < -0.4 is 10.3 Å². The minimum atomic E-state index is 0.735. The number of nitrogens with one attached hydrogen (secondary N) is 1. The first-order chi connectivity index (χ1) is 8.75. The van der Waals surface area contributed by atoms with Crippen molar-refractivity contribution >= 4 is 17.7 Å². The summed E-state index contributed by atoms with van der Waals surface area (Å²) in [4.78, 5) is 6.18. The van der Waals surface area contributed by atoms with Crippen LogP contribution in [0.4, 0.5) is 11.5 Å². The van der Waals surface area contributed by atoms with Gasteiger partial charge < -0.3 is 4.90 Å². The molecule has 0 fully saturated rings. The molecule has 0 radical (unpaired) electrons. The van der Waals surface area contributed by atoms with Gasteiger partial charge in [0.2, 0.25) is 0 Å². The number of benzene rings is 1. The van der Waals surface area contributed by atoms with E-state index in [9.17, 15) is 0 Å². The van der Waals surface area contributed by atoms with E-state index < -0.39 is 0 Å². The van der Waals surface area contributed by atoms with Crippen molar-refractivity contribution in [3.8, 4) is 0 Å². The topological polar surface area (TPSA) is 40.5 Å². The second-order valence-electron chi connectivity index (χ2n) is 4.07. The highest BCUT2D eigenvalue weighted by atomic mass is 15.3. The largest absolute Gasteiger partial charge is 0.378 e. The summed E-state index contributed by atoms with van der Waals surface area (Å²) in [5.41, 5.74) is 5.09. The molecule has 18 heavy (non-hydrogen) atoms. The van der Waals surface area contributed by atoms with Crippen molar-refractivity contribution in [1.29, 1.82) is 0 Å². The van der Waals surface area contributed by atoms with Gasteiger partial charge in [-0.3, -0.25) is 5.43 Å². The third kappa shape index (κ3) is 3.31. The second-order valence-corrected chi connectivity index (χ2v) is 4.07. The predicted molar refractivity (Wildman–Crippen MR) is 76.2 cm³/mol. The van der Waals surface area contributed by atoms with E-state index in [1.54, 1.807) is 12.4 Å². The molecule has 0 spiro atoms. The first-order valence-corrected chi connectivity index (χ1v) is 5.73. The molecule has 4 heteroatoms. The van der Waals surface area contributed by atoms with Crippen LogP contribution in [0.25, 0.3) is 0 Å². The number of hydrogen-bond donors (Lipinski definition) is 1. The number of aromatic nitrogens is 1. The number of hydrazone groups is 1. The SMILES string of the molecule is CN(C)c1ccc(/C=N/Nc2ccccn2)cc1. The maximum atomic E-state index is 4.14. The Balaban J connectivity index is 1.97. The van der Waals surface area contributed by atoms with Gasteiger partial charge in [-0.2, -0.15) is 5.10 Å². The van der Waals surface area contributed by atoms with Gasteiger partial charge in [0.05, 0.1) is 6.21 Å². The molecule has 92 valence electrons. The molecule has 0 atom stereocenters. The summed E-state index contributed by atoms with van der Waals surface area (Å²) >= 11 is 0. The Hall–Kier alpha value is -2.36. The van der Waals surface area contributed by atoms with E-state index in [1.807, 2.05) is 44.4 Å². The van der Waals surface area contributed by atoms with Gasteiger partial charge in [-0.25, -0.2) is 4.98 Å². The Labute approximate surface area is 107 Å². The van der Waals surface area contributed by atoms with Crippen molar-refractivity contribution < 1.29 is 0 Å². The standard InChI is InChI=1S/C14H16N4/c1-18(2)13-8-6-12(7-9-13)11-16-17-14-5-3-4-10-15-14/h3-11H,1-2H3,(H,15,17)/b16-11+. The summed E-state index contributed by atoms with van der Waals surface area (Å²) < 4.78 is 0. The van der Waals surface area contributed by atoms with Gasteiger partial charge in [-0.05, 0) is 29.8 Å². The van der Waals surface area contributed by atoms with Crippen molar-refractivity contribution in [2.75, 3.05) is 24.4 Å². The van der Waals surface area contributed by atoms with Gasteiger partial charge >= 0.3 is 0 Å². The molecule has 1 aromatic carbocycles. The first-order valence-electron chi connectivity index (χ1n) is 5.73. The van der Waals surface area contributed by atoms with E-state index in [0.29, 0.717) is 0 Å². The van der Waals surface area contributed by atoms with Crippen molar-refractivity contribution in [3.63, 3.8) is 0 Å². The molecule has 4 nitrogen and oxygen atoms in total. The molecule has 0 unspecified atom stereocenters. The van der Waals surface area contributed by atoms with Crippen molar-refractivity contribution in [2.24, 2.45) is 5.10 Å². The van der Waals surface area contributed by atoms with Crippen LogP contribution in [0, 0.1) is 0 Å². The normalized spacial score (nSPS) is 10.6. The Morgan fingerprint density at radius 3 is 2.50 bits per heavy atom. The number of pyridine rings is 1. The molecule has 1 N–H and O–H groups in total. The molecule has 0 saturated heterocycles. The summed E-state index contributed by atoms with van der Waals surface area (Å²) in [5.74, 6) is 0.735. The molecule has 0 bridgehead atoms. The van der Waals surface area contributed by atoms with Crippen molar-refractivity contribution in [1.82, 2.24) is 4.98 Å². The van der Waals surface area contributed by atoms with E-state index in [1.165, 1.54) is 5.69 Å². The van der Waals surface area contributed by atoms with Gasteiger partial charge in [0.1, 0.15) is 5.82 Å². The molecule has 1 aromatic heterocycles. The van der Waals surface area contributed by atoms with E-state index in [-0.39, 0.29) is 0 Å². The Morgan fingerprint density at radius 1 is 1.11 bits per heavy atom. The second kappa shape index (κ2) is 5.82. The lowest BCUT2D eigenvalue weighted by molar-refractivity contribution is 1.13. The highest BCUT2D eigenvalue weighted by Crippen LogP contribution is 2.11. The fourth-order valence-corrected chi connectivity index (χ4v) is 1.46. The average molecular weight is 240 g/mol. The van der Waals surface area contributed by atoms with Crippen LogP contribution in [-0.4, -0.2) is 25.3 Å². The smallest absolute Gasteiger partial charge is 0.146 e. The van der Waals surface area contributed by atoms with Crippen LogP contribution in [0.5, 0.6) is 0 Å². The number of anilines is 2. The summed E-state index contributed by atoms with van der Waals surface area (Å²) in [7, 11) is 4.04. The molecular formula is C14H16N4. The number of hydrogen-bond acceptors (Lipinski definition) is 4. The molecule has 2 rings (SSSR count). The summed E-state index contributed by atoms with van der Waals surface area (Å²) in [6.45, 7) is 0. The third-order valence-electron chi connectivity index (χ3n) is 2.47. The van der Waals surface area contributed by atoms with E-state index in [2.05, 4.69) is 32.5 Å². The Kier molecular flexibility index (Phi) is 3.91. The fourth-order valence-electron chi connectivity index (χ4n) is 1.46. The highest BCUT2D eigenvalue weighted by Gasteiger charge is 1.93. The Bertz CT molecular complexity index is 503. The van der Waals surface area contributed by atoms with Gasteiger partial charge in [0, 0.05) is 26.0 Å². The maximum Gasteiger partial charge on any atom is 0.146 e. The van der Waals surface area contributed by atoms with E-state index >= 15 is 0 Å². The zero-order chi connectivity index (χ0) is 12.8. The number of rotatable bonds is 4. The highest BCUT2D eigenvalue weighted by molar-refractivity contribution is 5.80. The lowest BCUT2D eigenvalue weighted by atomic mass is 10.2. The van der Waals surface area contributed by atoms with Crippen LogP contribution >= 0.6 is 0 Å². The summed E-state index contributed by atoms with van der Waals surface area (Å²) in [5, 5.41) is 4.14. The predicted octanol–water partition coefficient (Wildman–Crippen LogP) is 2.59. The molecule has 0 aliphatic rings. The maximum absolute atomic E-state index is 4.14. The molecular weight excluding hydrogens is 224 g/mol. The van der Waals surface area contributed by atoms with Gasteiger partial charge in [-0.1, -0.05) is 18.2 Å². The van der Waals surface area contributed by atoms with Crippen LogP contribution in [-0.2, 0) is 0 Å². The third-order valence-corrected chi connectivity index (χ3v) is 2.47. The lowest BCUT2D eigenvalue weighted by Gasteiger charge is -2.11. The summed E-state index contributed by atoms with van der Waals surface area (Å²) in [6, 6.07) is 13.8.